The maximum Gasteiger partial charge on any atom is 0.475 e. The molecule has 0 aromatic heterocycles. The molecule has 6 amide bonds. The maximum absolute atomic E-state index is 14.2. The molecule has 0 aliphatic heterocycles. The molecular weight excluding hydrogens is 1490 g/mol. The molecule has 114 heavy (non-hydrogen) atoms. The lowest BCUT2D eigenvalue weighted by atomic mass is 10.1. The van der Waals surface area contributed by atoms with Crippen LogP contribution in [0.5, 0.6) is 0 Å². The number of amides is 6. The Balaban J connectivity index is 6.14. The van der Waals surface area contributed by atoms with Crippen LogP contribution < -0.4 is 31.9 Å². The van der Waals surface area contributed by atoms with Gasteiger partial charge >= 0.3 is 33.6 Å². The van der Waals surface area contributed by atoms with E-state index in [1.807, 2.05) is 0 Å². The van der Waals surface area contributed by atoms with Crippen molar-refractivity contribution >= 4 is 57.2 Å². The molecule has 0 bridgehead atoms. The SMILES string of the molecule is C=CCOP(=O)(OCCNC(=O)NCCOP(=O)(OCC=C)OC[C@H](NC(=O)CCCCCCCCCCCCC)C(=O)NCC[C@@H](CCCCCCC)OC(=O)CCCCCCCCCCC)OC[C@H](NC(=O)CCCCCCCCCCCCC)C(=O)NCC[C@@H](CCCCCCC)OC(=O)CCCCCCCCCCC. The lowest BCUT2D eigenvalue weighted by molar-refractivity contribution is -0.151. The van der Waals surface area contributed by atoms with E-state index in [9.17, 15) is 42.7 Å². The minimum atomic E-state index is -4.49. The first-order valence-corrected chi connectivity index (χ1v) is 49.2. The van der Waals surface area contributed by atoms with Gasteiger partial charge in [0.15, 0.2) is 0 Å². The molecule has 0 rings (SSSR count). The van der Waals surface area contributed by atoms with Crippen LogP contribution in [0.25, 0.3) is 0 Å². The van der Waals surface area contributed by atoms with Gasteiger partial charge in [0.25, 0.3) is 0 Å². The van der Waals surface area contributed by atoms with Crippen molar-refractivity contribution in [2.45, 2.75) is 438 Å². The van der Waals surface area contributed by atoms with Gasteiger partial charge in [-0.05, 0) is 51.4 Å². The summed E-state index contributed by atoms with van der Waals surface area (Å²) in [6.07, 6.45) is 60.0. The van der Waals surface area contributed by atoms with Crippen molar-refractivity contribution in [3.8, 4) is 0 Å². The Bertz CT molecular complexity index is 2290. The van der Waals surface area contributed by atoms with Gasteiger partial charge in [0.2, 0.25) is 23.6 Å². The van der Waals surface area contributed by atoms with Gasteiger partial charge in [-0.1, -0.05) is 336 Å². The smallest absolute Gasteiger partial charge is 0.462 e. The molecule has 668 valence electrons. The molecule has 0 fully saturated rings. The highest BCUT2D eigenvalue weighted by Crippen LogP contribution is 2.50. The summed E-state index contributed by atoms with van der Waals surface area (Å²) in [5, 5.41) is 16.5. The van der Waals surface area contributed by atoms with Crippen molar-refractivity contribution in [1.82, 2.24) is 31.9 Å². The minimum Gasteiger partial charge on any atom is -0.462 e. The third-order valence-corrected chi connectivity index (χ3v) is 23.3. The fourth-order valence-electron chi connectivity index (χ4n) is 13.4. The molecule has 0 saturated carbocycles. The molecule has 0 aliphatic rings. The summed E-state index contributed by atoms with van der Waals surface area (Å²) in [6, 6.07) is -3.35. The van der Waals surface area contributed by atoms with Gasteiger partial charge in [-0.25, -0.2) is 13.9 Å². The molecule has 0 aromatic rings. The molecule has 2 unspecified atom stereocenters. The van der Waals surface area contributed by atoms with E-state index in [4.69, 9.17) is 36.6 Å². The van der Waals surface area contributed by atoms with E-state index >= 15 is 0 Å². The zero-order valence-electron chi connectivity index (χ0n) is 73.3. The summed E-state index contributed by atoms with van der Waals surface area (Å²) in [5.41, 5.74) is 0. The second-order valence-electron chi connectivity index (χ2n) is 31.3. The van der Waals surface area contributed by atoms with Crippen LogP contribution in [-0.4, -0.2) is 132 Å². The molecule has 6 N–H and O–H groups in total. The van der Waals surface area contributed by atoms with Crippen LogP contribution in [0.1, 0.15) is 414 Å². The first-order valence-electron chi connectivity index (χ1n) is 46.3. The van der Waals surface area contributed by atoms with Gasteiger partial charge in [-0.3, -0.25) is 55.9 Å². The Morgan fingerprint density at radius 1 is 0.298 bits per heavy atom. The van der Waals surface area contributed by atoms with E-state index in [0.717, 1.165) is 154 Å². The number of phosphoric acid groups is 2. The standard InChI is InChI=1S/C89H170N6O17P2/c1-9-17-23-29-33-37-39-43-45-51-57-63-83(96)94-81(87(100)90-69-67-79(61-55-49-27-21-13-5)111-85(98)65-59-53-47-41-35-31-25-19-11-3)77-109-113(103,105-73-15-7)107-75-71-92-89(102)93-72-76-108-114(104,106-74-16-8)110-78-82(95-84(97)64-58-52-46-44-40-38-34-30-24-18-10-2)88(101)91-70-68-80(62-56-50-28-22-14-6)112-86(99)66-60-54-48-42-36-32-26-20-12-4/h15-16,79-82H,7-14,17-78H2,1-6H3,(H,90,100)(H,91,101)(H,94,96)(H,95,97)(H2,92,93,102)/t79-,80-,81+,82+,113?,114?/m1/s1. The van der Waals surface area contributed by atoms with Crippen molar-refractivity contribution in [3.05, 3.63) is 25.3 Å². The highest BCUT2D eigenvalue weighted by Gasteiger charge is 2.33. The first kappa shape index (κ1) is 110. The van der Waals surface area contributed by atoms with Gasteiger partial charge in [0.05, 0.1) is 39.6 Å². The second kappa shape index (κ2) is 81.2. The Hall–Kier alpha value is -4.21. The molecule has 0 radical (unpaired) electrons. The molecule has 0 aliphatic carbocycles. The van der Waals surface area contributed by atoms with Crippen molar-refractivity contribution in [3.63, 3.8) is 0 Å². The van der Waals surface area contributed by atoms with Gasteiger partial charge in [-0.15, -0.1) is 13.2 Å². The van der Waals surface area contributed by atoms with Crippen LogP contribution in [0, 0.1) is 0 Å². The normalized spacial score (nSPS) is 13.5. The summed E-state index contributed by atoms with van der Waals surface area (Å²) in [5.74, 6) is -2.45. The van der Waals surface area contributed by atoms with Gasteiger partial charge in [0, 0.05) is 64.7 Å². The van der Waals surface area contributed by atoms with Crippen LogP contribution in [0.2, 0.25) is 0 Å². The molecule has 0 saturated heterocycles. The largest absolute Gasteiger partial charge is 0.475 e. The number of phosphoric ester groups is 2. The average molecular weight is 1660 g/mol. The summed E-state index contributed by atoms with van der Waals surface area (Å²) < 4.78 is 74.3. The van der Waals surface area contributed by atoms with Gasteiger partial charge in [-0.2, -0.15) is 0 Å². The molecule has 0 aromatic carbocycles. The van der Waals surface area contributed by atoms with Crippen LogP contribution in [0.3, 0.4) is 0 Å². The quantitative estimate of drug-likeness (QED) is 0.0143. The Morgan fingerprint density at radius 3 is 0.825 bits per heavy atom. The molecule has 0 spiro atoms. The lowest BCUT2D eigenvalue weighted by Crippen LogP contribution is -2.49. The summed E-state index contributed by atoms with van der Waals surface area (Å²) in [6.45, 7) is 17.8. The molecular formula is C89H170N6O17P2. The number of carbonyl (C=O) groups is 7. The molecule has 6 atom stereocenters. The first-order chi connectivity index (χ1) is 55.5. The van der Waals surface area contributed by atoms with E-state index in [0.29, 0.717) is 51.4 Å². The third kappa shape index (κ3) is 70.8. The highest BCUT2D eigenvalue weighted by molar-refractivity contribution is 7.48. The topological polar surface area (TPSA) is 300 Å². The number of esters is 2. The van der Waals surface area contributed by atoms with Crippen LogP contribution in [-0.2, 0) is 74.5 Å². The number of nitrogens with one attached hydrogen (secondary N) is 6. The van der Waals surface area contributed by atoms with Crippen LogP contribution in [0.4, 0.5) is 4.79 Å². The number of ether oxygens (including phenoxy) is 2. The summed E-state index contributed by atoms with van der Waals surface area (Å²) in [7, 11) is -8.98. The third-order valence-electron chi connectivity index (χ3n) is 20.4. The monoisotopic (exact) mass is 1660 g/mol. The average Bonchev–Trinajstić information content (AvgIpc) is 0.877. The van der Waals surface area contributed by atoms with Crippen molar-refractivity contribution in [2.75, 3.05) is 65.8 Å². The van der Waals surface area contributed by atoms with Crippen LogP contribution >= 0.6 is 15.6 Å². The van der Waals surface area contributed by atoms with E-state index in [2.05, 4.69) is 86.6 Å². The van der Waals surface area contributed by atoms with E-state index < -0.39 is 84.2 Å². The number of urea groups is 1. The predicted octanol–water partition coefficient (Wildman–Crippen LogP) is 22.7. The minimum absolute atomic E-state index is 0.135. The number of rotatable bonds is 88. The Kier molecular flexibility index (Phi) is 78.2. The highest BCUT2D eigenvalue weighted by atomic mass is 31.2. The second-order valence-corrected chi connectivity index (χ2v) is 34.6. The fraction of sp³-hybridized carbons (Fsp3) is 0.876. The number of unbranched alkanes of at least 4 members (excludes halogenated alkanes) is 44. The maximum atomic E-state index is 14.2. The Morgan fingerprint density at radius 2 is 0.553 bits per heavy atom. The zero-order valence-corrected chi connectivity index (χ0v) is 75.1. The lowest BCUT2D eigenvalue weighted by Gasteiger charge is -2.23. The number of carbonyl (C=O) groups excluding carboxylic acids is 7. The Labute approximate surface area is 694 Å². The van der Waals surface area contributed by atoms with Gasteiger partial charge < -0.3 is 41.4 Å². The van der Waals surface area contributed by atoms with E-state index in [-0.39, 0.29) is 76.0 Å². The number of hydrogen-bond acceptors (Lipinski definition) is 17. The van der Waals surface area contributed by atoms with E-state index in [1.165, 1.54) is 166 Å². The summed E-state index contributed by atoms with van der Waals surface area (Å²) >= 11 is 0. The predicted molar refractivity (Wildman–Crippen MR) is 464 cm³/mol. The van der Waals surface area contributed by atoms with Crippen molar-refractivity contribution in [1.29, 1.82) is 0 Å². The molecule has 23 nitrogen and oxygen atoms in total. The fourth-order valence-corrected chi connectivity index (χ4v) is 15.7. The summed E-state index contributed by atoms with van der Waals surface area (Å²) in [4.78, 5) is 94.7. The van der Waals surface area contributed by atoms with Gasteiger partial charge in [0.1, 0.15) is 24.3 Å². The molecule has 0 heterocycles. The van der Waals surface area contributed by atoms with Crippen molar-refractivity contribution < 1.29 is 79.3 Å². The van der Waals surface area contributed by atoms with Crippen LogP contribution in [0.15, 0.2) is 25.3 Å². The molecule has 25 heteroatoms. The van der Waals surface area contributed by atoms with Crippen molar-refractivity contribution in [2.24, 2.45) is 0 Å². The van der Waals surface area contributed by atoms with E-state index in [1.54, 1.807) is 0 Å². The zero-order chi connectivity index (χ0) is 83.7. The number of hydrogen-bond donors (Lipinski definition) is 6.